The molecule has 0 saturated carbocycles. The molecular formula is C10H11N3O2S. The highest BCUT2D eigenvalue weighted by Gasteiger charge is 2.06. The molecule has 0 saturated heterocycles. The van der Waals surface area contributed by atoms with Crippen molar-refractivity contribution in [3.63, 3.8) is 0 Å². The van der Waals surface area contributed by atoms with Crippen LogP contribution in [0, 0.1) is 0 Å². The fourth-order valence-electron chi connectivity index (χ4n) is 1.20. The summed E-state index contributed by atoms with van der Waals surface area (Å²) in [6.45, 7) is 0. The third-order valence-electron chi connectivity index (χ3n) is 1.95. The SMILES string of the molecule is COc1cc(N)ccc1SCc1ncno1. The minimum atomic E-state index is 0.587. The summed E-state index contributed by atoms with van der Waals surface area (Å²) in [7, 11) is 1.62. The normalized spacial score (nSPS) is 10.3. The van der Waals surface area contributed by atoms with Gasteiger partial charge in [-0.1, -0.05) is 5.16 Å². The van der Waals surface area contributed by atoms with Crippen LogP contribution in [-0.2, 0) is 5.75 Å². The molecule has 84 valence electrons. The molecule has 1 aromatic carbocycles. The summed E-state index contributed by atoms with van der Waals surface area (Å²) in [5.41, 5.74) is 6.34. The fourth-order valence-corrected chi connectivity index (χ4v) is 2.06. The number of thioether (sulfide) groups is 1. The van der Waals surface area contributed by atoms with Crippen LogP contribution in [0.5, 0.6) is 5.75 Å². The molecule has 2 rings (SSSR count). The van der Waals surface area contributed by atoms with Gasteiger partial charge in [0.05, 0.1) is 12.9 Å². The van der Waals surface area contributed by atoms with Gasteiger partial charge >= 0.3 is 0 Å². The van der Waals surface area contributed by atoms with Gasteiger partial charge in [-0.05, 0) is 12.1 Å². The van der Waals surface area contributed by atoms with Crippen molar-refractivity contribution in [3.05, 3.63) is 30.4 Å². The van der Waals surface area contributed by atoms with Gasteiger partial charge in [-0.25, -0.2) is 0 Å². The standard InChI is InChI=1S/C10H11N3O2S/c1-14-8-4-7(11)2-3-9(8)16-5-10-12-6-13-15-10/h2-4,6H,5,11H2,1H3. The highest BCUT2D eigenvalue weighted by Crippen LogP contribution is 2.32. The lowest BCUT2D eigenvalue weighted by molar-refractivity contribution is 0.389. The van der Waals surface area contributed by atoms with Gasteiger partial charge in [0.1, 0.15) is 5.75 Å². The minimum Gasteiger partial charge on any atom is -0.496 e. The fraction of sp³-hybridized carbons (Fsp3) is 0.200. The van der Waals surface area contributed by atoms with Gasteiger partial charge in [0.2, 0.25) is 5.89 Å². The number of ether oxygens (including phenoxy) is 1. The van der Waals surface area contributed by atoms with Crippen LogP contribution < -0.4 is 10.5 Å². The van der Waals surface area contributed by atoms with E-state index in [0.717, 1.165) is 10.6 Å². The van der Waals surface area contributed by atoms with Crippen LogP contribution in [0.4, 0.5) is 5.69 Å². The number of nitrogens with two attached hydrogens (primary N) is 1. The summed E-state index contributed by atoms with van der Waals surface area (Å²) in [6.07, 6.45) is 1.39. The van der Waals surface area contributed by atoms with E-state index in [1.54, 1.807) is 24.9 Å². The topological polar surface area (TPSA) is 74.2 Å². The maximum Gasteiger partial charge on any atom is 0.236 e. The van der Waals surface area contributed by atoms with Crippen molar-refractivity contribution in [2.45, 2.75) is 10.6 Å². The van der Waals surface area contributed by atoms with Crippen molar-refractivity contribution in [2.24, 2.45) is 0 Å². The Balaban J connectivity index is 2.09. The van der Waals surface area contributed by atoms with Crippen molar-refractivity contribution in [2.75, 3.05) is 12.8 Å². The molecule has 0 aliphatic carbocycles. The number of benzene rings is 1. The average Bonchev–Trinajstić information content (AvgIpc) is 2.80. The molecule has 16 heavy (non-hydrogen) atoms. The number of aromatic nitrogens is 2. The van der Waals surface area contributed by atoms with E-state index in [1.807, 2.05) is 12.1 Å². The molecule has 0 spiro atoms. The molecule has 0 aliphatic rings. The first kappa shape index (κ1) is 10.8. The van der Waals surface area contributed by atoms with Crippen molar-refractivity contribution in [1.29, 1.82) is 0 Å². The first-order valence-corrected chi connectivity index (χ1v) is 5.60. The largest absolute Gasteiger partial charge is 0.496 e. The number of nitrogen functional groups attached to an aromatic ring is 1. The zero-order valence-corrected chi connectivity index (χ0v) is 9.53. The first-order valence-electron chi connectivity index (χ1n) is 4.61. The van der Waals surface area contributed by atoms with Gasteiger partial charge in [-0.2, -0.15) is 4.98 Å². The Morgan fingerprint density at radius 3 is 3.06 bits per heavy atom. The molecule has 0 fully saturated rings. The van der Waals surface area contributed by atoms with E-state index < -0.39 is 0 Å². The van der Waals surface area contributed by atoms with Gasteiger partial charge in [-0.15, -0.1) is 11.8 Å². The number of hydrogen-bond acceptors (Lipinski definition) is 6. The van der Waals surface area contributed by atoms with Gasteiger partial charge in [-0.3, -0.25) is 0 Å². The molecule has 0 atom stereocenters. The highest BCUT2D eigenvalue weighted by atomic mass is 32.2. The summed E-state index contributed by atoms with van der Waals surface area (Å²) < 4.78 is 10.1. The summed E-state index contributed by atoms with van der Waals surface area (Å²) in [6, 6.07) is 5.53. The van der Waals surface area contributed by atoms with E-state index in [2.05, 4.69) is 10.1 Å². The number of methoxy groups -OCH3 is 1. The zero-order chi connectivity index (χ0) is 11.4. The minimum absolute atomic E-state index is 0.587. The second-order valence-corrected chi connectivity index (χ2v) is 4.05. The predicted molar refractivity (Wildman–Crippen MR) is 61.3 cm³/mol. The second kappa shape index (κ2) is 4.89. The lowest BCUT2D eigenvalue weighted by Gasteiger charge is -2.07. The summed E-state index contributed by atoms with van der Waals surface area (Å²) >= 11 is 1.56. The van der Waals surface area contributed by atoms with Gasteiger partial charge < -0.3 is 15.0 Å². The Hall–Kier alpha value is -1.69. The molecule has 0 aliphatic heterocycles. The Morgan fingerprint density at radius 1 is 1.50 bits per heavy atom. The Labute approximate surface area is 97.0 Å². The van der Waals surface area contributed by atoms with Gasteiger partial charge in [0.15, 0.2) is 6.33 Å². The van der Waals surface area contributed by atoms with Crippen LogP contribution in [-0.4, -0.2) is 17.3 Å². The lowest BCUT2D eigenvalue weighted by Crippen LogP contribution is -1.90. The van der Waals surface area contributed by atoms with E-state index in [4.69, 9.17) is 15.0 Å². The van der Waals surface area contributed by atoms with Crippen molar-refractivity contribution in [3.8, 4) is 5.75 Å². The van der Waals surface area contributed by atoms with Crippen LogP contribution in [0.2, 0.25) is 0 Å². The maximum atomic E-state index is 5.66. The molecular weight excluding hydrogens is 226 g/mol. The summed E-state index contributed by atoms with van der Waals surface area (Å²) in [5, 5.41) is 3.54. The third-order valence-corrected chi connectivity index (χ3v) is 2.99. The molecule has 6 heteroatoms. The second-order valence-electron chi connectivity index (χ2n) is 3.03. The van der Waals surface area contributed by atoms with E-state index in [1.165, 1.54) is 6.33 Å². The summed E-state index contributed by atoms with van der Waals surface area (Å²) in [5.74, 6) is 1.95. The van der Waals surface area contributed by atoms with Crippen LogP contribution in [0.3, 0.4) is 0 Å². The molecule has 0 amide bonds. The number of anilines is 1. The monoisotopic (exact) mass is 237 g/mol. The molecule has 2 N–H and O–H groups in total. The van der Waals surface area contributed by atoms with Crippen molar-refractivity contribution >= 4 is 17.4 Å². The number of nitrogens with zero attached hydrogens (tertiary/aromatic N) is 2. The first-order chi connectivity index (χ1) is 7.79. The van der Waals surface area contributed by atoms with E-state index in [9.17, 15) is 0 Å². The highest BCUT2D eigenvalue weighted by molar-refractivity contribution is 7.98. The lowest BCUT2D eigenvalue weighted by atomic mass is 10.3. The smallest absolute Gasteiger partial charge is 0.236 e. The van der Waals surface area contributed by atoms with E-state index in [-0.39, 0.29) is 0 Å². The molecule has 5 nitrogen and oxygen atoms in total. The van der Waals surface area contributed by atoms with Crippen LogP contribution in [0.1, 0.15) is 5.89 Å². The summed E-state index contributed by atoms with van der Waals surface area (Å²) in [4.78, 5) is 4.94. The zero-order valence-electron chi connectivity index (χ0n) is 8.71. The van der Waals surface area contributed by atoms with Gasteiger partial charge in [0.25, 0.3) is 0 Å². The van der Waals surface area contributed by atoms with Crippen LogP contribution >= 0.6 is 11.8 Å². The van der Waals surface area contributed by atoms with E-state index >= 15 is 0 Å². The predicted octanol–water partition coefficient (Wildman–Crippen LogP) is 1.95. The molecule has 1 heterocycles. The quantitative estimate of drug-likeness (QED) is 0.647. The van der Waals surface area contributed by atoms with Crippen LogP contribution in [0.15, 0.2) is 33.9 Å². The van der Waals surface area contributed by atoms with Gasteiger partial charge in [0, 0.05) is 16.6 Å². The molecule has 2 aromatic rings. The molecule has 0 bridgehead atoms. The van der Waals surface area contributed by atoms with Crippen LogP contribution in [0.25, 0.3) is 0 Å². The van der Waals surface area contributed by atoms with E-state index in [0.29, 0.717) is 17.3 Å². The molecule has 1 aromatic heterocycles. The Kier molecular flexibility index (Phi) is 3.31. The van der Waals surface area contributed by atoms with Crippen molar-refractivity contribution in [1.82, 2.24) is 10.1 Å². The Morgan fingerprint density at radius 2 is 2.38 bits per heavy atom. The number of rotatable bonds is 4. The maximum absolute atomic E-state index is 5.66. The average molecular weight is 237 g/mol. The Bertz CT molecular complexity index is 459. The third kappa shape index (κ3) is 2.46. The van der Waals surface area contributed by atoms with Crippen molar-refractivity contribution < 1.29 is 9.26 Å². The molecule has 0 unspecified atom stereocenters. The molecule has 0 radical (unpaired) electrons. The number of hydrogen-bond donors (Lipinski definition) is 1.